The highest BCUT2D eigenvalue weighted by Gasteiger charge is 2.04. The first kappa shape index (κ1) is 13.3. The molecule has 0 aliphatic heterocycles. The van der Waals surface area contributed by atoms with E-state index in [-0.39, 0.29) is 5.78 Å². The van der Waals surface area contributed by atoms with Gasteiger partial charge in [0.15, 0.2) is 5.78 Å². The predicted octanol–water partition coefficient (Wildman–Crippen LogP) is 5.26. The maximum Gasteiger partial charge on any atom is 0.195 e. The number of halogens is 2. The third-order valence-corrected chi connectivity index (χ3v) is 3.78. The Morgan fingerprint density at radius 1 is 1.17 bits per heavy atom. The van der Waals surface area contributed by atoms with E-state index >= 15 is 0 Å². The van der Waals surface area contributed by atoms with Crippen molar-refractivity contribution in [2.75, 3.05) is 0 Å². The fraction of sp³-hybridized carbons (Fsp3) is 0.0714. The average molecular weight is 297 g/mol. The minimum Gasteiger partial charge on any atom is -0.288 e. The molecule has 4 heteroatoms. The number of hydrogen-bond donors (Lipinski definition) is 0. The Kier molecular flexibility index (Phi) is 4.23. The number of carbonyl (C=O) groups is 1. The van der Waals surface area contributed by atoms with Crippen molar-refractivity contribution in [2.24, 2.45) is 0 Å². The molecule has 1 aromatic heterocycles. The summed E-state index contributed by atoms with van der Waals surface area (Å²) in [6, 6.07) is 7.06. The van der Waals surface area contributed by atoms with E-state index in [1.807, 2.05) is 18.4 Å². The quantitative estimate of drug-likeness (QED) is 0.558. The highest BCUT2D eigenvalue weighted by atomic mass is 35.5. The summed E-state index contributed by atoms with van der Waals surface area (Å²) >= 11 is 13.2. The van der Waals surface area contributed by atoms with E-state index in [1.165, 1.54) is 17.4 Å². The summed E-state index contributed by atoms with van der Waals surface area (Å²) < 4.78 is 0. The van der Waals surface area contributed by atoms with Crippen molar-refractivity contribution < 1.29 is 4.79 Å². The molecule has 1 aromatic carbocycles. The Morgan fingerprint density at radius 3 is 2.39 bits per heavy atom. The van der Waals surface area contributed by atoms with Crippen LogP contribution in [0.25, 0.3) is 6.08 Å². The number of allylic oxidation sites excluding steroid dienone is 1. The van der Waals surface area contributed by atoms with Crippen molar-refractivity contribution in [3.63, 3.8) is 0 Å². The lowest BCUT2D eigenvalue weighted by molar-refractivity contribution is 0.105. The number of hydrogen-bond acceptors (Lipinski definition) is 2. The second kappa shape index (κ2) is 5.70. The molecule has 2 rings (SSSR count). The van der Waals surface area contributed by atoms with Crippen molar-refractivity contribution >= 4 is 46.4 Å². The van der Waals surface area contributed by atoms with Gasteiger partial charge in [0.1, 0.15) is 0 Å². The van der Waals surface area contributed by atoms with Crippen LogP contribution in [0.3, 0.4) is 0 Å². The molecule has 0 amide bonds. The van der Waals surface area contributed by atoms with Gasteiger partial charge in [-0.3, -0.25) is 4.79 Å². The third kappa shape index (κ3) is 3.45. The standard InChI is InChI=1S/C14H10Cl2OS/c1-9-4-14(18-8-9)13(17)3-2-10-5-11(15)7-12(16)6-10/h2-8H,1H3/b3-2+. The zero-order chi connectivity index (χ0) is 13.1. The van der Waals surface area contributed by atoms with Crippen LogP contribution in [0.5, 0.6) is 0 Å². The minimum absolute atomic E-state index is 0.0100. The summed E-state index contributed by atoms with van der Waals surface area (Å²) in [6.45, 7) is 1.97. The second-order valence-corrected chi connectivity index (χ2v) is 5.67. The van der Waals surface area contributed by atoms with Gasteiger partial charge in [-0.25, -0.2) is 0 Å². The molecule has 0 aliphatic rings. The van der Waals surface area contributed by atoms with Crippen LogP contribution in [-0.4, -0.2) is 5.78 Å². The normalized spacial score (nSPS) is 11.1. The number of rotatable bonds is 3. The van der Waals surface area contributed by atoms with Crippen molar-refractivity contribution in [2.45, 2.75) is 6.92 Å². The number of benzene rings is 1. The summed E-state index contributed by atoms with van der Waals surface area (Å²) in [4.78, 5) is 12.6. The smallest absolute Gasteiger partial charge is 0.195 e. The summed E-state index contributed by atoms with van der Waals surface area (Å²) in [5, 5.41) is 3.07. The molecule has 1 nitrogen and oxygen atoms in total. The Labute approximate surface area is 120 Å². The largest absolute Gasteiger partial charge is 0.288 e. The molecule has 0 saturated carbocycles. The van der Waals surface area contributed by atoms with Crippen molar-refractivity contribution in [3.8, 4) is 0 Å². The molecule has 92 valence electrons. The Hall–Kier alpha value is -1.09. The fourth-order valence-electron chi connectivity index (χ4n) is 1.49. The molecule has 0 bridgehead atoms. The van der Waals surface area contributed by atoms with Crippen molar-refractivity contribution in [1.29, 1.82) is 0 Å². The van der Waals surface area contributed by atoms with Crippen LogP contribution >= 0.6 is 34.5 Å². The lowest BCUT2D eigenvalue weighted by Crippen LogP contribution is -1.89. The number of carbonyl (C=O) groups excluding carboxylic acids is 1. The van der Waals surface area contributed by atoms with Crippen molar-refractivity contribution in [1.82, 2.24) is 0 Å². The first-order chi connectivity index (χ1) is 8.54. The van der Waals surface area contributed by atoms with E-state index < -0.39 is 0 Å². The van der Waals surface area contributed by atoms with E-state index in [1.54, 1.807) is 24.3 Å². The van der Waals surface area contributed by atoms with Crippen LogP contribution in [0, 0.1) is 6.92 Å². The van der Waals surface area contributed by atoms with Crippen LogP contribution in [0.15, 0.2) is 35.7 Å². The first-order valence-electron chi connectivity index (χ1n) is 5.28. The van der Waals surface area contributed by atoms with E-state index in [4.69, 9.17) is 23.2 Å². The zero-order valence-corrected chi connectivity index (χ0v) is 11.9. The first-order valence-corrected chi connectivity index (χ1v) is 6.92. The molecule has 2 aromatic rings. The summed E-state index contributed by atoms with van der Waals surface area (Å²) in [5.41, 5.74) is 1.91. The van der Waals surface area contributed by atoms with Gasteiger partial charge in [-0.15, -0.1) is 11.3 Å². The number of ketones is 1. The molecule has 0 radical (unpaired) electrons. The Morgan fingerprint density at radius 2 is 1.83 bits per heavy atom. The molecule has 18 heavy (non-hydrogen) atoms. The van der Waals surface area contributed by atoms with Gasteiger partial charge in [0.2, 0.25) is 0 Å². The fourth-order valence-corrected chi connectivity index (χ4v) is 2.85. The van der Waals surface area contributed by atoms with Gasteiger partial charge in [-0.2, -0.15) is 0 Å². The highest BCUT2D eigenvalue weighted by Crippen LogP contribution is 2.20. The third-order valence-electron chi connectivity index (χ3n) is 2.29. The number of thiophene rings is 1. The van der Waals surface area contributed by atoms with E-state index in [0.29, 0.717) is 10.0 Å². The van der Waals surface area contributed by atoms with Gasteiger partial charge >= 0.3 is 0 Å². The van der Waals surface area contributed by atoms with Gasteiger partial charge in [-0.05, 0) is 53.8 Å². The lowest BCUT2D eigenvalue weighted by Gasteiger charge is -1.96. The van der Waals surface area contributed by atoms with E-state index in [9.17, 15) is 4.79 Å². The minimum atomic E-state index is -0.0100. The van der Waals surface area contributed by atoms with E-state index in [0.717, 1.165) is 16.0 Å². The van der Waals surface area contributed by atoms with Crippen LogP contribution in [0.1, 0.15) is 20.8 Å². The molecular formula is C14H10Cl2OS. The van der Waals surface area contributed by atoms with Gasteiger partial charge in [0.05, 0.1) is 4.88 Å². The number of aryl methyl sites for hydroxylation is 1. The maximum atomic E-state index is 11.9. The van der Waals surface area contributed by atoms with Crippen molar-refractivity contribution in [3.05, 3.63) is 61.8 Å². The van der Waals surface area contributed by atoms with Gasteiger partial charge in [0.25, 0.3) is 0 Å². The van der Waals surface area contributed by atoms with Gasteiger partial charge in [-0.1, -0.05) is 29.3 Å². The van der Waals surface area contributed by atoms with Crippen LogP contribution in [0.4, 0.5) is 0 Å². The second-order valence-electron chi connectivity index (χ2n) is 3.89. The van der Waals surface area contributed by atoms with E-state index in [2.05, 4.69) is 0 Å². The molecule has 0 N–H and O–H groups in total. The summed E-state index contributed by atoms with van der Waals surface area (Å²) in [6.07, 6.45) is 3.25. The molecule has 0 atom stereocenters. The SMILES string of the molecule is Cc1csc(C(=O)/C=C/c2cc(Cl)cc(Cl)c2)c1. The molecule has 1 heterocycles. The van der Waals surface area contributed by atoms with Crippen LogP contribution in [0.2, 0.25) is 10.0 Å². The Balaban J connectivity index is 2.18. The molecule has 0 spiro atoms. The van der Waals surface area contributed by atoms with Gasteiger partial charge in [0, 0.05) is 10.0 Å². The van der Waals surface area contributed by atoms with Gasteiger partial charge < -0.3 is 0 Å². The molecule has 0 saturated heterocycles. The highest BCUT2D eigenvalue weighted by molar-refractivity contribution is 7.12. The Bertz CT molecular complexity index is 594. The predicted molar refractivity (Wildman–Crippen MR) is 78.9 cm³/mol. The lowest BCUT2D eigenvalue weighted by atomic mass is 10.2. The van der Waals surface area contributed by atoms with Crippen LogP contribution < -0.4 is 0 Å². The van der Waals surface area contributed by atoms with Crippen LogP contribution in [-0.2, 0) is 0 Å². The average Bonchev–Trinajstić information content (AvgIpc) is 2.71. The molecule has 0 unspecified atom stereocenters. The molecule has 0 fully saturated rings. The maximum absolute atomic E-state index is 11.9. The summed E-state index contributed by atoms with van der Waals surface area (Å²) in [7, 11) is 0. The monoisotopic (exact) mass is 296 g/mol. The zero-order valence-electron chi connectivity index (χ0n) is 9.61. The molecular weight excluding hydrogens is 287 g/mol. The summed E-state index contributed by atoms with van der Waals surface area (Å²) in [5.74, 6) is -0.0100. The molecule has 0 aliphatic carbocycles. The topological polar surface area (TPSA) is 17.1 Å².